The smallest absolute Gasteiger partial charge is 0.306 e. The lowest BCUT2D eigenvalue weighted by Gasteiger charge is -2.27. The van der Waals surface area contributed by atoms with E-state index >= 15 is 0 Å². The van der Waals surface area contributed by atoms with Crippen molar-refractivity contribution in [2.24, 2.45) is 11.8 Å². The second kappa shape index (κ2) is 5.33. The molecule has 1 aromatic rings. The Kier molecular flexibility index (Phi) is 3.95. The minimum atomic E-state index is -1.19. The van der Waals surface area contributed by atoms with Gasteiger partial charge in [-0.2, -0.15) is 0 Å². The van der Waals surface area contributed by atoms with Crippen molar-refractivity contribution < 1.29 is 15.0 Å². The van der Waals surface area contributed by atoms with Crippen molar-refractivity contribution >= 4 is 5.97 Å². The molecule has 1 atom stereocenters. The van der Waals surface area contributed by atoms with Crippen LogP contribution in [0.2, 0.25) is 0 Å². The first-order chi connectivity index (χ1) is 8.91. The lowest BCUT2D eigenvalue weighted by atomic mass is 9.85. The molecule has 104 valence electrons. The second-order valence-electron chi connectivity index (χ2n) is 6.06. The zero-order chi connectivity index (χ0) is 14.0. The third kappa shape index (κ3) is 3.35. The van der Waals surface area contributed by atoms with Gasteiger partial charge in [0.25, 0.3) is 0 Å². The van der Waals surface area contributed by atoms with Crippen LogP contribution in [0, 0.1) is 11.8 Å². The van der Waals surface area contributed by atoms with Gasteiger partial charge in [0.05, 0.1) is 6.42 Å². The number of benzene rings is 1. The number of hydrogen-bond acceptors (Lipinski definition) is 2. The van der Waals surface area contributed by atoms with Crippen LogP contribution in [0.3, 0.4) is 0 Å². The van der Waals surface area contributed by atoms with Gasteiger partial charge in [-0.15, -0.1) is 0 Å². The van der Waals surface area contributed by atoms with Crippen molar-refractivity contribution in [3.63, 3.8) is 0 Å². The molecule has 0 radical (unpaired) electrons. The fourth-order valence-electron chi connectivity index (χ4n) is 2.67. The minimum Gasteiger partial charge on any atom is -0.481 e. The number of hydrogen-bond donors (Lipinski definition) is 2. The molecule has 1 aliphatic carbocycles. The molecular weight excluding hydrogens is 240 g/mol. The van der Waals surface area contributed by atoms with Crippen LogP contribution in [0.1, 0.15) is 44.2 Å². The maximum Gasteiger partial charge on any atom is 0.306 e. The Balaban J connectivity index is 2.20. The number of carbonyl (C=O) groups is 1. The Labute approximate surface area is 114 Å². The van der Waals surface area contributed by atoms with Gasteiger partial charge in [0.15, 0.2) is 0 Å². The molecule has 0 aromatic heterocycles. The van der Waals surface area contributed by atoms with E-state index in [2.05, 4.69) is 13.8 Å². The summed E-state index contributed by atoms with van der Waals surface area (Å²) in [5.41, 5.74) is 0.777. The standard InChI is InChI=1S/C16H22O3/c1-11(2)9-12-3-5-13(6-4-12)16(19,10-15(17)18)14-7-8-14/h3-6,11,14,19H,7-10H2,1-2H3,(H,17,18). The van der Waals surface area contributed by atoms with E-state index in [0.717, 1.165) is 24.8 Å². The van der Waals surface area contributed by atoms with Crippen LogP contribution in [-0.2, 0) is 16.8 Å². The first-order valence-electron chi connectivity index (χ1n) is 6.95. The summed E-state index contributed by atoms with van der Waals surface area (Å²) < 4.78 is 0. The van der Waals surface area contributed by atoms with Gasteiger partial charge in [-0.1, -0.05) is 38.1 Å². The molecule has 0 saturated heterocycles. The topological polar surface area (TPSA) is 57.5 Å². The first-order valence-corrected chi connectivity index (χ1v) is 6.95. The molecule has 3 heteroatoms. The lowest BCUT2D eigenvalue weighted by Crippen LogP contribution is -2.31. The second-order valence-corrected chi connectivity index (χ2v) is 6.06. The van der Waals surface area contributed by atoms with Gasteiger partial charge in [-0.05, 0) is 42.2 Å². The predicted molar refractivity (Wildman–Crippen MR) is 73.9 cm³/mol. The van der Waals surface area contributed by atoms with E-state index in [9.17, 15) is 9.90 Å². The number of carboxylic acids is 1. The van der Waals surface area contributed by atoms with Crippen molar-refractivity contribution in [3.05, 3.63) is 35.4 Å². The fraction of sp³-hybridized carbons (Fsp3) is 0.562. The van der Waals surface area contributed by atoms with Gasteiger partial charge in [-0.25, -0.2) is 0 Å². The molecule has 1 aliphatic rings. The van der Waals surface area contributed by atoms with Gasteiger partial charge in [-0.3, -0.25) is 4.79 Å². The molecule has 1 aromatic carbocycles. The van der Waals surface area contributed by atoms with Crippen LogP contribution in [-0.4, -0.2) is 16.2 Å². The molecule has 3 nitrogen and oxygen atoms in total. The average molecular weight is 262 g/mol. The molecular formula is C16H22O3. The summed E-state index contributed by atoms with van der Waals surface area (Å²) in [7, 11) is 0. The fourth-order valence-corrected chi connectivity index (χ4v) is 2.67. The minimum absolute atomic E-state index is 0.0968. The highest BCUT2D eigenvalue weighted by Crippen LogP contribution is 2.47. The van der Waals surface area contributed by atoms with Gasteiger partial charge >= 0.3 is 5.97 Å². The largest absolute Gasteiger partial charge is 0.481 e. The number of rotatable bonds is 6. The van der Waals surface area contributed by atoms with Crippen LogP contribution < -0.4 is 0 Å². The Morgan fingerprint density at radius 2 is 1.89 bits per heavy atom. The van der Waals surface area contributed by atoms with E-state index in [4.69, 9.17) is 5.11 Å². The molecule has 0 spiro atoms. The number of aliphatic hydroxyl groups is 1. The molecule has 0 heterocycles. The molecule has 1 unspecified atom stereocenters. The quantitative estimate of drug-likeness (QED) is 0.828. The Morgan fingerprint density at radius 1 is 1.32 bits per heavy atom. The molecule has 2 rings (SSSR count). The van der Waals surface area contributed by atoms with E-state index < -0.39 is 11.6 Å². The zero-order valence-corrected chi connectivity index (χ0v) is 11.6. The van der Waals surface area contributed by atoms with Crippen LogP contribution >= 0.6 is 0 Å². The highest BCUT2D eigenvalue weighted by Gasteiger charge is 2.46. The van der Waals surface area contributed by atoms with Gasteiger partial charge in [0.1, 0.15) is 5.60 Å². The molecule has 1 saturated carbocycles. The van der Waals surface area contributed by atoms with Crippen LogP contribution in [0.15, 0.2) is 24.3 Å². The molecule has 0 bridgehead atoms. The van der Waals surface area contributed by atoms with Gasteiger partial charge in [0, 0.05) is 0 Å². The van der Waals surface area contributed by atoms with Crippen molar-refractivity contribution in [3.8, 4) is 0 Å². The van der Waals surface area contributed by atoms with Crippen molar-refractivity contribution in [2.45, 2.75) is 45.1 Å². The Bertz CT molecular complexity index is 446. The third-order valence-corrected chi connectivity index (χ3v) is 3.77. The molecule has 1 fully saturated rings. The predicted octanol–water partition coefficient (Wildman–Crippen LogP) is 2.96. The van der Waals surface area contributed by atoms with E-state index in [-0.39, 0.29) is 12.3 Å². The summed E-state index contributed by atoms with van der Waals surface area (Å²) >= 11 is 0. The third-order valence-electron chi connectivity index (χ3n) is 3.77. The Hall–Kier alpha value is -1.35. The monoisotopic (exact) mass is 262 g/mol. The van der Waals surface area contributed by atoms with E-state index in [1.807, 2.05) is 24.3 Å². The van der Waals surface area contributed by atoms with E-state index in [1.165, 1.54) is 5.56 Å². The normalized spacial score (nSPS) is 18.3. The molecule has 0 amide bonds. The summed E-state index contributed by atoms with van der Waals surface area (Å²) in [6, 6.07) is 7.78. The molecule has 19 heavy (non-hydrogen) atoms. The summed E-state index contributed by atoms with van der Waals surface area (Å²) in [6.45, 7) is 4.33. The highest BCUT2D eigenvalue weighted by molar-refractivity contribution is 5.68. The highest BCUT2D eigenvalue weighted by atomic mass is 16.4. The lowest BCUT2D eigenvalue weighted by molar-refractivity contribution is -0.144. The summed E-state index contributed by atoms with van der Waals surface area (Å²) in [5, 5.41) is 19.7. The van der Waals surface area contributed by atoms with Crippen LogP contribution in [0.4, 0.5) is 0 Å². The average Bonchev–Trinajstić information content (AvgIpc) is 3.11. The maximum atomic E-state index is 11.0. The maximum absolute atomic E-state index is 11.0. The zero-order valence-electron chi connectivity index (χ0n) is 11.6. The van der Waals surface area contributed by atoms with Gasteiger partial charge in [0.2, 0.25) is 0 Å². The number of carboxylic acid groups (broad SMARTS) is 1. The van der Waals surface area contributed by atoms with Crippen molar-refractivity contribution in [2.75, 3.05) is 0 Å². The molecule has 2 N–H and O–H groups in total. The van der Waals surface area contributed by atoms with Crippen molar-refractivity contribution in [1.29, 1.82) is 0 Å². The summed E-state index contributed by atoms with van der Waals surface area (Å²) in [5.74, 6) is -0.257. The van der Waals surface area contributed by atoms with Crippen LogP contribution in [0.5, 0.6) is 0 Å². The van der Waals surface area contributed by atoms with E-state index in [0.29, 0.717) is 5.92 Å². The Morgan fingerprint density at radius 3 is 2.32 bits per heavy atom. The first kappa shape index (κ1) is 14.1. The summed E-state index contributed by atoms with van der Waals surface area (Å²) in [6.07, 6.45) is 2.62. The summed E-state index contributed by atoms with van der Waals surface area (Å²) in [4.78, 5) is 11.0. The van der Waals surface area contributed by atoms with Crippen molar-refractivity contribution in [1.82, 2.24) is 0 Å². The molecule has 0 aliphatic heterocycles. The SMILES string of the molecule is CC(C)Cc1ccc(C(O)(CC(=O)O)C2CC2)cc1. The van der Waals surface area contributed by atoms with Gasteiger partial charge < -0.3 is 10.2 Å². The number of aliphatic carboxylic acids is 1. The van der Waals surface area contributed by atoms with E-state index in [1.54, 1.807) is 0 Å². The van der Waals surface area contributed by atoms with Crippen LogP contribution in [0.25, 0.3) is 0 Å².